The molecule has 1 N–H and O–H groups in total. The molecule has 7 heteroatoms. The fourth-order valence-corrected chi connectivity index (χ4v) is 4.24. The van der Waals surface area contributed by atoms with E-state index in [9.17, 15) is 14.0 Å². The van der Waals surface area contributed by atoms with Gasteiger partial charge in [-0.05, 0) is 70.7 Å². The third-order valence-corrected chi connectivity index (χ3v) is 6.08. The van der Waals surface area contributed by atoms with Gasteiger partial charge in [0.2, 0.25) is 5.91 Å². The van der Waals surface area contributed by atoms with Crippen LogP contribution in [-0.2, 0) is 16.1 Å². The predicted molar refractivity (Wildman–Crippen MR) is 131 cm³/mol. The lowest BCUT2D eigenvalue weighted by Crippen LogP contribution is -2.51. The van der Waals surface area contributed by atoms with E-state index in [2.05, 4.69) is 21.2 Å². The van der Waals surface area contributed by atoms with Gasteiger partial charge in [0.05, 0.1) is 4.47 Å². The minimum atomic E-state index is -0.673. The summed E-state index contributed by atoms with van der Waals surface area (Å²) in [6, 6.07) is 16.8. The molecule has 5 nitrogen and oxygen atoms in total. The van der Waals surface area contributed by atoms with Crippen LogP contribution < -0.4 is 10.1 Å². The third-order valence-electron chi connectivity index (χ3n) is 5.26. The first-order chi connectivity index (χ1) is 15.8. The number of nitrogens with one attached hydrogen (secondary N) is 1. The minimum Gasteiger partial charge on any atom is -0.483 e. The molecular weight excluding hydrogens is 487 g/mol. The van der Waals surface area contributed by atoms with Crippen molar-refractivity contribution >= 4 is 38.5 Å². The number of hydrogen-bond donors (Lipinski definition) is 1. The standard InChI is InChI=1S/C26H28BrFN2O3/c1-4-22(26(32)29-17(2)3)30(15-18-9-12-20(28)13-10-18)24(31)16-33-23-14-11-19-7-5-6-8-21(19)25(23)27/h5-14,17,22H,4,15-16H2,1-3H3,(H,29,32)/t22-/m0/s1. The van der Waals surface area contributed by atoms with Crippen molar-refractivity contribution in [1.29, 1.82) is 0 Å². The summed E-state index contributed by atoms with van der Waals surface area (Å²) in [7, 11) is 0. The maximum absolute atomic E-state index is 13.4. The first-order valence-electron chi connectivity index (χ1n) is 10.9. The molecule has 0 bridgehead atoms. The molecule has 0 saturated carbocycles. The summed E-state index contributed by atoms with van der Waals surface area (Å²) in [6.45, 7) is 5.54. The largest absolute Gasteiger partial charge is 0.483 e. The molecular formula is C26H28BrFN2O3. The summed E-state index contributed by atoms with van der Waals surface area (Å²) >= 11 is 3.57. The fourth-order valence-electron chi connectivity index (χ4n) is 3.63. The van der Waals surface area contributed by atoms with Crippen molar-refractivity contribution in [2.45, 2.75) is 45.8 Å². The number of carbonyl (C=O) groups is 2. The van der Waals surface area contributed by atoms with E-state index in [4.69, 9.17) is 4.74 Å². The Labute approximate surface area is 202 Å². The van der Waals surface area contributed by atoms with Gasteiger partial charge in [0.1, 0.15) is 17.6 Å². The summed E-state index contributed by atoms with van der Waals surface area (Å²) in [6.07, 6.45) is 0.436. The minimum absolute atomic E-state index is 0.0564. The van der Waals surface area contributed by atoms with Crippen LogP contribution in [0.2, 0.25) is 0 Å². The molecule has 0 saturated heterocycles. The molecule has 0 spiro atoms. The lowest BCUT2D eigenvalue weighted by atomic mass is 10.1. The predicted octanol–water partition coefficient (Wildman–Crippen LogP) is 5.45. The molecule has 1 atom stereocenters. The third kappa shape index (κ3) is 6.32. The Hall–Kier alpha value is -2.93. The number of benzene rings is 3. The molecule has 0 fully saturated rings. The average Bonchev–Trinajstić information content (AvgIpc) is 2.79. The number of ether oxygens (including phenoxy) is 1. The molecule has 0 aliphatic rings. The zero-order valence-corrected chi connectivity index (χ0v) is 20.6. The van der Waals surface area contributed by atoms with Gasteiger partial charge in [-0.1, -0.05) is 49.4 Å². The Morgan fingerprint density at radius 3 is 2.42 bits per heavy atom. The first kappa shape index (κ1) is 24.7. The van der Waals surface area contributed by atoms with Crippen LogP contribution in [0.25, 0.3) is 10.8 Å². The molecule has 0 unspecified atom stereocenters. The average molecular weight is 515 g/mol. The van der Waals surface area contributed by atoms with Crippen molar-refractivity contribution in [3.05, 3.63) is 76.5 Å². The summed E-state index contributed by atoms with van der Waals surface area (Å²) in [5, 5.41) is 4.92. The van der Waals surface area contributed by atoms with Crippen molar-refractivity contribution in [2.24, 2.45) is 0 Å². The van der Waals surface area contributed by atoms with Gasteiger partial charge < -0.3 is 15.0 Å². The van der Waals surface area contributed by atoms with Crippen LogP contribution in [0, 0.1) is 5.82 Å². The second-order valence-electron chi connectivity index (χ2n) is 8.12. The lowest BCUT2D eigenvalue weighted by Gasteiger charge is -2.31. The van der Waals surface area contributed by atoms with Crippen LogP contribution in [-0.4, -0.2) is 35.4 Å². The van der Waals surface area contributed by atoms with Crippen LogP contribution in [0.5, 0.6) is 5.75 Å². The number of nitrogens with zero attached hydrogens (tertiary/aromatic N) is 1. The van der Waals surface area contributed by atoms with Crippen molar-refractivity contribution in [1.82, 2.24) is 10.2 Å². The maximum Gasteiger partial charge on any atom is 0.261 e. The van der Waals surface area contributed by atoms with Crippen molar-refractivity contribution in [3.8, 4) is 5.75 Å². The number of fused-ring (bicyclic) bond motifs is 1. The Kier molecular flexibility index (Phi) is 8.44. The Morgan fingerprint density at radius 1 is 1.06 bits per heavy atom. The van der Waals surface area contributed by atoms with E-state index in [1.54, 1.807) is 12.1 Å². The molecule has 2 amide bonds. The van der Waals surface area contributed by atoms with E-state index < -0.39 is 6.04 Å². The van der Waals surface area contributed by atoms with Crippen LogP contribution in [0.3, 0.4) is 0 Å². The van der Waals surface area contributed by atoms with Crippen molar-refractivity contribution < 1.29 is 18.7 Å². The quantitative estimate of drug-likeness (QED) is 0.412. The summed E-state index contributed by atoms with van der Waals surface area (Å²) in [4.78, 5) is 27.6. The fraction of sp³-hybridized carbons (Fsp3) is 0.308. The lowest BCUT2D eigenvalue weighted by molar-refractivity contribution is -0.143. The van der Waals surface area contributed by atoms with Crippen LogP contribution >= 0.6 is 15.9 Å². The highest BCUT2D eigenvalue weighted by atomic mass is 79.9. The highest BCUT2D eigenvalue weighted by Crippen LogP contribution is 2.33. The van der Waals surface area contributed by atoms with Crippen LogP contribution in [0.4, 0.5) is 4.39 Å². The van der Waals surface area contributed by atoms with Gasteiger partial charge in [0.15, 0.2) is 6.61 Å². The van der Waals surface area contributed by atoms with Gasteiger partial charge in [0, 0.05) is 12.6 Å². The van der Waals surface area contributed by atoms with Crippen molar-refractivity contribution in [2.75, 3.05) is 6.61 Å². The maximum atomic E-state index is 13.4. The van der Waals surface area contributed by atoms with Crippen LogP contribution in [0.1, 0.15) is 32.8 Å². The van der Waals surface area contributed by atoms with E-state index in [0.717, 1.165) is 20.8 Å². The number of rotatable bonds is 9. The zero-order valence-electron chi connectivity index (χ0n) is 19.0. The molecule has 174 valence electrons. The van der Waals surface area contributed by atoms with Crippen molar-refractivity contribution in [3.63, 3.8) is 0 Å². The van der Waals surface area contributed by atoms with E-state index in [-0.39, 0.29) is 36.8 Å². The zero-order chi connectivity index (χ0) is 24.0. The highest BCUT2D eigenvalue weighted by Gasteiger charge is 2.29. The molecule has 0 aromatic heterocycles. The van der Waals surface area contributed by atoms with E-state index in [1.807, 2.05) is 57.2 Å². The van der Waals surface area contributed by atoms with Gasteiger partial charge in [-0.2, -0.15) is 0 Å². The second kappa shape index (κ2) is 11.3. The molecule has 0 aliphatic carbocycles. The molecule has 3 aromatic rings. The first-order valence-corrected chi connectivity index (χ1v) is 11.7. The smallest absolute Gasteiger partial charge is 0.261 e. The monoisotopic (exact) mass is 514 g/mol. The van der Waals surface area contributed by atoms with E-state index >= 15 is 0 Å². The molecule has 0 radical (unpaired) electrons. The molecule has 0 heterocycles. The van der Waals surface area contributed by atoms with E-state index in [0.29, 0.717) is 12.2 Å². The van der Waals surface area contributed by atoms with Gasteiger partial charge in [-0.15, -0.1) is 0 Å². The molecule has 3 rings (SSSR count). The second-order valence-corrected chi connectivity index (χ2v) is 8.92. The number of hydrogen-bond acceptors (Lipinski definition) is 3. The summed E-state index contributed by atoms with van der Waals surface area (Å²) in [5.41, 5.74) is 0.729. The van der Waals surface area contributed by atoms with Gasteiger partial charge >= 0.3 is 0 Å². The van der Waals surface area contributed by atoms with Gasteiger partial charge in [-0.25, -0.2) is 4.39 Å². The molecule has 33 heavy (non-hydrogen) atoms. The van der Waals surface area contributed by atoms with Crippen LogP contribution in [0.15, 0.2) is 65.1 Å². The highest BCUT2D eigenvalue weighted by molar-refractivity contribution is 9.10. The summed E-state index contributed by atoms with van der Waals surface area (Å²) < 4.78 is 20.0. The SMILES string of the molecule is CC[C@@H](C(=O)NC(C)C)N(Cc1ccc(F)cc1)C(=O)COc1ccc2ccccc2c1Br. The molecule has 3 aromatic carbocycles. The Bertz CT molecular complexity index is 1120. The molecule has 0 aliphatic heterocycles. The van der Waals surface area contributed by atoms with Gasteiger partial charge in [0.25, 0.3) is 5.91 Å². The topological polar surface area (TPSA) is 58.6 Å². The summed E-state index contributed by atoms with van der Waals surface area (Å²) in [5.74, 6) is -0.367. The number of carbonyl (C=O) groups excluding carboxylic acids is 2. The normalized spacial score (nSPS) is 11.9. The Balaban J connectivity index is 1.82. The number of halogens is 2. The van der Waals surface area contributed by atoms with Gasteiger partial charge in [-0.3, -0.25) is 9.59 Å². The Morgan fingerprint density at radius 2 is 1.76 bits per heavy atom. The van der Waals surface area contributed by atoms with E-state index in [1.165, 1.54) is 17.0 Å². The number of amides is 2.